The number of aryl methyl sites for hydroxylation is 1. The summed E-state index contributed by atoms with van der Waals surface area (Å²) < 4.78 is 0. The van der Waals surface area contributed by atoms with E-state index in [9.17, 15) is 4.79 Å². The minimum atomic E-state index is -0.0305. The predicted octanol–water partition coefficient (Wildman–Crippen LogP) is 2.47. The molecule has 0 aliphatic carbocycles. The van der Waals surface area contributed by atoms with Crippen LogP contribution in [0, 0.1) is 6.92 Å². The van der Waals surface area contributed by atoms with E-state index >= 15 is 0 Å². The van der Waals surface area contributed by atoms with E-state index in [1.54, 1.807) is 0 Å². The number of hydrogen-bond acceptors (Lipinski definition) is 2. The molecule has 1 aromatic rings. The van der Waals surface area contributed by atoms with Gasteiger partial charge in [0.1, 0.15) is 0 Å². The van der Waals surface area contributed by atoms with E-state index < -0.39 is 0 Å². The number of amides is 1. The molecule has 0 bridgehead atoms. The molecular formula is C14H20N2O. The van der Waals surface area contributed by atoms with Crippen molar-refractivity contribution in [2.24, 2.45) is 0 Å². The Labute approximate surface area is 103 Å². The fourth-order valence-corrected chi connectivity index (χ4v) is 2.19. The third kappa shape index (κ3) is 3.30. The molecule has 1 atom stereocenters. The quantitative estimate of drug-likeness (QED) is 0.822. The Morgan fingerprint density at radius 3 is 2.94 bits per heavy atom. The predicted molar refractivity (Wildman–Crippen MR) is 70.1 cm³/mol. The van der Waals surface area contributed by atoms with Crippen molar-refractivity contribution in [3.05, 3.63) is 29.8 Å². The zero-order valence-electron chi connectivity index (χ0n) is 10.3. The third-order valence-corrected chi connectivity index (χ3v) is 3.28. The van der Waals surface area contributed by atoms with Crippen LogP contribution in [0.25, 0.3) is 0 Å². The van der Waals surface area contributed by atoms with Gasteiger partial charge in [0, 0.05) is 5.69 Å². The topological polar surface area (TPSA) is 41.1 Å². The van der Waals surface area contributed by atoms with Gasteiger partial charge in [-0.05, 0) is 37.9 Å². The van der Waals surface area contributed by atoms with Crippen LogP contribution in [0.15, 0.2) is 24.3 Å². The standard InChI is InChI=1S/C14H20N2O/c1-11-7-4-5-8-12(11)16-14(17)13-9-3-2-6-10-15-13/h4-5,7-8,13,15H,2-3,6,9-10H2,1H3,(H,16,17)/t13-/m0/s1. The number of benzene rings is 1. The Morgan fingerprint density at radius 2 is 2.12 bits per heavy atom. The smallest absolute Gasteiger partial charge is 0.241 e. The molecule has 1 saturated heterocycles. The molecule has 0 radical (unpaired) electrons. The van der Waals surface area contributed by atoms with E-state index in [-0.39, 0.29) is 11.9 Å². The molecule has 2 N–H and O–H groups in total. The molecular weight excluding hydrogens is 212 g/mol. The van der Waals surface area contributed by atoms with Crippen LogP contribution in [0.1, 0.15) is 31.2 Å². The average molecular weight is 232 g/mol. The molecule has 92 valence electrons. The van der Waals surface area contributed by atoms with E-state index in [0.29, 0.717) is 0 Å². The van der Waals surface area contributed by atoms with Crippen LogP contribution in [0.4, 0.5) is 5.69 Å². The molecule has 1 heterocycles. The van der Waals surface area contributed by atoms with Gasteiger partial charge in [0.25, 0.3) is 0 Å². The summed E-state index contributed by atoms with van der Waals surface area (Å²) >= 11 is 0. The lowest BCUT2D eigenvalue weighted by Gasteiger charge is -2.16. The number of anilines is 1. The van der Waals surface area contributed by atoms with Crippen LogP contribution < -0.4 is 10.6 Å². The lowest BCUT2D eigenvalue weighted by atomic mass is 10.1. The second-order valence-corrected chi connectivity index (χ2v) is 4.66. The van der Waals surface area contributed by atoms with Crippen molar-refractivity contribution in [3.8, 4) is 0 Å². The Bertz CT molecular complexity index is 382. The molecule has 0 unspecified atom stereocenters. The maximum Gasteiger partial charge on any atom is 0.241 e. The molecule has 1 aromatic carbocycles. The Balaban J connectivity index is 1.98. The lowest BCUT2D eigenvalue weighted by Crippen LogP contribution is -2.39. The first-order chi connectivity index (χ1) is 8.27. The molecule has 0 spiro atoms. The number of carbonyl (C=O) groups is 1. The van der Waals surface area contributed by atoms with Crippen molar-refractivity contribution in [2.75, 3.05) is 11.9 Å². The van der Waals surface area contributed by atoms with Gasteiger partial charge in [-0.1, -0.05) is 31.0 Å². The Morgan fingerprint density at radius 1 is 1.29 bits per heavy atom. The van der Waals surface area contributed by atoms with Crippen molar-refractivity contribution in [1.82, 2.24) is 5.32 Å². The van der Waals surface area contributed by atoms with E-state index in [0.717, 1.165) is 30.6 Å². The zero-order valence-corrected chi connectivity index (χ0v) is 10.3. The van der Waals surface area contributed by atoms with Crippen molar-refractivity contribution in [1.29, 1.82) is 0 Å². The van der Waals surface area contributed by atoms with Gasteiger partial charge in [0.05, 0.1) is 6.04 Å². The monoisotopic (exact) mass is 232 g/mol. The number of carbonyl (C=O) groups excluding carboxylic acids is 1. The van der Waals surface area contributed by atoms with E-state index in [1.165, 1.54) is 12.8 Å². The Kier molecular flexibility index (Phi) is 4.15. The van der Waals surface area contributed by atoms with Crippen molar-refractivity contribution >= 4 is 11.6 Å². The molecule has 1 amide bonds. The third-order valence-electron chi connectivity index (χ3n) is 3.28. The molecule has 3 nitrogen and oxygen atoms in total. The van der Waals surface area contributed by atoms with Gasteiger partial charge in [-0.15, -0.1) is 0 Å². The van der Waals surface area contributed by atoms with Gasteiger partial charge in [0.2, 0.25) is 5.91 Å². The first-order valence-corrected chi connectivity index (χ1v) is 6.37. The molecule has 1 aliphatic rings. The molecule has 3 heteroatoms. The summed E-state index contributed by atoms with van der Waals surface area (Å²) in [5.74, 6) is 0.0983. The van der Waals surface area contributed by atoms with Gasteiger partial charge >= 0.3 is 0 Å². The van der Waals surface area contributed by atoms with Crippen molar-refractivity contribution < 1.29 is 4.79 Å². The van der Waals surface area contributed by atoms with Gasteiger partial charge < -0.3 is 10.6 Å². The normalized spacial score (nSPS) is 20.6. The maximum absolute atomic E-state index is 12.1. The molecule has 1 fully saturated rings. The van der Waals surface area contributed by atoms with Crippen molar-refractivity contribution in [2.45, 2.75) is 38.6 Å². The fraction of sp³-hybridized carbons (Fsp3) is 0.500. The van der Waals surface area contributed by atoms with Gasteiger partial charge in [0.15, 0.2) is 0 Å². The minimum absolute atomic E-state index is 0.0305. The fourth-order valence-electron chi connectivity index (χ4n) is 2.19. The zero-order chi connectivity index (χ0) is 12.1. The van der Waals surface area contributed by atoms with E-state index in [2.05, 4.69) is 10.6 Å². The maximum atomic E-state index is 12.1. The van der Waals surface area contributed by atoms with Crippen LogP contribution in [0.5, 0.6) is 0 Å². The van der Waals surface area contributed by atoms with Crippen LogP contribution >= 0.6 is 0 Å². The van der Waals surface area contributed by atoms with Crippen LogP contribution in [0.2, 0.25) is 0 Å². The van der Waals surface area contributed by atoms with Gasteiger partial charge in [-0.25, -0.2) is 0 Å². The van der Waals surface area contributed by atoms with Crippen LogP contribution in [-0.4, -0.2) is 18.5 Å². The number of para-hydroxylation sites is 1. The first-order valence-electron chi connectivity index (χ1n) is 6.37. The van der Waals surface area contributed by atoms with Crippen molar-refractivity contribution in [3.63, 3.8) is 0 Å². The molecule has 2 rings (SSSR count). The molecule has 0 saturated carbocycles. The lowest BCUT2D eigenvalue weighted by molar-refractivity contribution is -0.118. The van der Waals surface area contributed by atoms with Crippen LogP contribution in [-0.2, 0) is 4.79 Å². The highest BCUT2D eigenvalue weighted by molar-refractivity contribution is 5.95. The molecule has 1 aliphatic heterocycles. The summed E-state index contributed by atoms with van der Waals surface area (Å²) in [6.07, 6.45) is 4.48. The summed E-state index contributed by atoms with van der Waals surface area (Å²) in [5.41, 5.74) is 2.03. The van der Waals surface area contributed by atoms with Crippen LogP contribution in [0.3, 0.4) is 0 Å². The first kappa shape index (κ1) is 12.1. The van der Waals surface area contributed by atoms with Gasteiger partial charge in [-0.2, -0.15) is 0 Å². The van der Waals surface area contributed by atoms with E-state index in [4.69, 9.17) is 0 Å². The second-order valence-electron chi connectivity index (χ2n) is 4.66. The Hall–Kier alpha value is -1.35. The average Bonchev–Trinajstić information content (AvgIpc) is 2.61. The number of nitrogens with one attached hydrogen (secondary N) is 2. The highest BCUT2D eigenvalue weighted by atomic mass is 16.2. The summed E-state index contributed by atoms with van der Waals surface area (Å²) in [6, 6.07) is 7.86. The second kappa shape index (κ2) is 5.82. The number of rotatable bonds is 2. The van der Waals surface area contributed by atoms with Gasteiger partial charge in [-0.3, -0.25) is 4.79 Å². The van der Waals surface area contributed by atoms with E-state index in [1.807, 2.05) is 31.2 Å². The number of hydrogen-bond donors (Lipinski definition) is 2. The molecule has 0 aromatic heterocycles. The summed E-state index contributed by atoms with van der Waals surface area (Å²) in [7, 11) is 0. The highest BCUT2D eigenvalue weighted by Gasteiger charge is 2.19. The minimum Gasteiger partial charge on any atom is -0.324 e. The molecule has 17 heavy (non-hydrogen) atoms. The summed E-state index contributed by atoms with van der Waals surface area (Å²) in [5, 5.41) is 6.32. The summed E-state index contributed by atoms with van der Waals surface area (Å²) in [4.78, 5) is 12.1. The SMILES string of the molecule is Cc1ccccc1NC(=O)[C@@H]1CCCCCN1. The highest BCUT2D eigenvalue weighted by Crippen LogP contribution is 2.15. The summed E-state index contributed by atoms with van der Waals surface area (Å²) in [6.45, 7) is 2.96. The largest absolute Gasteiger partial charge is 0.324 e.